The lowest BCUT2D eigenvalue weighted by atomic mass is 10.1. The van der Waals surface area contributed by atoms with Crippen LogP contribution in [-0.4, -0.2) is 41.8 Å². The molecule has 2 amide bonds. The molecular weight excluding hydrogens is 414 g/mol. The van der Waals surface area contributed by atoms with Crippen LogP contribution in [-0.2, 0) is 7.05 Å². The summed E-state index contributed by atoms with van der Waals surface area (Å²) in [6.45, 7) is 5.06. The molecule has 31 heavy (non-hydrogen) atoms. The molecule has 2 aromatic heterocycles. The van der Waals surface area contributed by atoms with Gasteiger partial charge < -0.3 is 21.1 Å². The monoisotopic (exact) mass is 441 g/mol. The number of thiophene rings is 1. The number of anilines is 1. The Morgan fingerprint density at radius 2 is 1.97 bits per heavy atom. The van der Waals surface area contributed by atoms with Gasteiger partial charge in [0, 0.05) is 34.6 Å². The van der Waals surface area contributed by atoms with Crippen LogP contribution in [0.2, 0.25) is 0 Å². The summed E-state index contributed by atoms with van der Waals surface area (Å²) < 4.78 is 6.99. The lowest BCUT2D eigenvalue weighted by Gasteiger charge is -2.11. The van der Waals surface area contributed by atoms with Crippen LogP contribution in [0.15, 0.2) is 30.3 Å². The Bertz CT molecular complexity index is 1100. The van der Waals surface area contributed by atoms with Crippen molar-refractivity contribution in [1.82, 2.24) is 15.1 Å². The number of methoxy groups -OCH3 is 1. The zero-order chi connectivity index (χ0) is 22.5. The second-order valence-corrected chi connectivity index (χ2v) is 8.59. The Hall–Kier alpha value is -3.17. The number of amides is 2. The highest BCUT2D eigenvalue weighted by atomic mass is 32.1. The largest absolute Gasteiger partial charge is 0.496 e. The zero-order valence-electron chi connectivity index (χ0n) is 18.1. The highest BCUT2D eigenvalue weighted by molar-refractivity contribution is 7.12. The number of benzene rings is 1. The van der Waals surface area contributed by atoms with E-state index in [9.17, 15) is 9.59 Å². The normalized spacial score (nSPS) is 10.7. The molecular formula is C22H27N5O3S. The zero-order valence-corrected chi connectivity index (χ0v) is 18.9. The molecule has 0 aliphatic carbocycles. The number of hydrogen-bond donors (Lipinski definition) is 3. The first-order chi connectivity index (χ1) is 14.8. The van der Waals surface area contributed by atoms with E-state index in [4.69, 9.17) is 10.5 Å². The lowest BCUT2D eigenvalue weighted by molar-refractivity contribution is 0.0949. The molecule has 164 valence electrons. The van der Waals surface area contributed by atoms with E-state index < -0.39 is 0 Å². The molecule has 9 heteroatoms. The molecule has 1 aromatic carbocycles. The van der Waals surface area contributed by atoms with Gasteiger partial charge in [0.05, 0.1) is 18.4 Å². The average Bonchev–Trinajstić information content (AvgIpc) is 3.29. The summed E-state index contributed by atoms with van der Waals surface area (Å²) in [7, 11) is 3.31. The van der Waals surface area contributed by atoms with Gasteiger partial charge in [0.2, 0.25) is 0 Å². The van der Waals surface area contributed by atoms with Crippen molar-refractivity contribution in [3.05, 3.63) is 51.3 Å². The van der Waals surface area contributed by atoms with Crippen molar-refractivity contribution in [2.24, 2.45) is 12.8 Å². The minimum absolute atomic E-state index is 0.287. The first kappa shape index (κ1) is 22.5. The molecule has 0 unspecified atom stereocenters. The van der Waals surface area contributed by atoms with Gasteiger partial charge in [-0.15, -0.1) is 11.3 Å². The van der Waals surface area contributed by atoms with Crippen molar-refractivity contribution in [1.29, 1.82) is 0 Å². The van der Waals surface area contributed by atoms with Crippen molar-refractivity contribution < 1.29 is 14.3 Å². The third-order valence-electron chi connectivity index (χ3n) is 4.80. The SMILES string of the molecule is COc1ccc(NC(=O)c2cc(-c3cc(C)sc3C)n(C)n2)cc1C(=O)NCCCN. The highest BCUT2D eigenvalue weighted by Crippen LogP contribution is 2.31. The maximum atomic E-state index is 12.8. The Morgan fingerprint density at radius 1 is 1.19 bits per heavy atom. The molecule has 3 rings (SSSR count). The smallest absolute Gasteiger partial charge is 0.276 e. The molecule has 8 nitrogen and oxygen atoms in total. The highest BCUT2D eigenvalue weighted by Gasteiger charge is 2.18. The predicted octanol–water partition coefficient (Wildman–Crippen LogP) is 3.10. The fourth-order valence-corrected chi connectivity index (χ4v) is 4.21. The topological polar surface area (TPSA) is 111 Å². The number of nitrogens with zero attached hydrogens (tertiary/aromatic N) is 2. The summed E-state index contributed by atoms with van der Waals surface area (Å²) in [6, 6.07) is 8.79. The van der Waals surface area contributed by atoms with Crippen LogP contribution in [0.25, 0.3) is 11.3 Å². The Kier molecular flexibility index (Phi) is 7.09. The van der Waals surface area contributed by atoms with Crippen molar-refractivity contribution >= 4 is 28.8 Å². The number of nitrogens with two attached hydrogens (primary N) is 1. The van der Waals surface area contributed by atoms with Gasteiger partial charge >= 0.3 is 0 Å². The van der Waals surface area contributed by atoms with Crippen LogP contribution >= 0.6 is 11.3 Å². The number of rotatable bonds is 8. The summed E-state index contributed by atoms with van der Waals surface area (Å²) >= 11 is 1.71. The maximum Gasteiger partial charge on any atom is 0.276 e. The van der Waals surface area contributed by atoms with Gasteiger partial charge in [0.25, 0.3) is 11.8 Å². The van der Waals surface area contributed by atoms with Crippen LogP contribution in [0.5, 0.6) is 5.75 Å². The minimum Gasteiger partial charge on any atom is -0.496 e. The van der Waals surface area contributed by atoms with E-state index in [0.717, 1.165) is 11.3 Å². The van der Waals surface area contributed by atoms with Crippen LogP contribution in [0.3, 0.4) is 0 Å². The van der Waals surface area contributed by atoms with Crippen molar-refractivity contribution in [2.75, 3.05) is 25.5 Å². The molecule has 0 atom stereocenters. The van der Waals surface area contributed by atoms with Crippen LogP contribution < -0.4 is 21.1 Å². The second-order valence-electron chi connectivity index (χ2n) is 7.13. The van der Waals surface area contributed by atoms with E-state index in [1.807, 2.05) is 7.05 Å². The first-order valence-electron chi connectivity index (χ1n) is 9.93. The Morgan fingerprint density at radius 3 is 2.61 bits per heavy atom. The Balaban J connectivity index is 1.80. The van der Waals surface area contributed by atoms with Gasteiger partial charge in [0.1, 0.15) is 5.75 Å². The quantitative estimate of drug-likeness (QED) is 0.465. The fraction of sp³-hybridized carbons (Fsp3) is 0.318. The fourth-order valence-electron chi connectivity index (χ4n) is 3.27. The number of aromatic nitrogens is 2. The molecule has 0 fully saturated rings. The Labute approximate surface area is 185 Å². The van der Waals surface area contributed by atoms with Crippen LogP contribution in [0.4, 0.5) is 5.69 Å². The van der Waals surface area contributed by atoms with Gasteiger partial charge in [-0.3, -0.25) is 14.3 Å². The summed E-state index contributed by atoms with van der Waals surface area (Å²) in [5.74, 6) is -0.220. The van der Waals surface area contributed by atoms with Crippen LogP contribution in [0.1, 0.15) is 37.0 Å². The van der Waals surface area contributed by atoms with Crippen molar-refractivity contribution in [3.63, 3.8) is 0 Å². The summed E-state index contributed by atoms with van der Waals surface area (Å²) in [5, 5.41) is 9.98. The van der Waals surface area contributed by atoms with E-state index in [1.165, 1.54) is 16.9 Å². The van der Waals surface area contributed by atoms with E-state index >= 15 is 0 Å². The molecule has 0 saturated heterocycles. The maximum absolute atomic E-state index is 12.8. The van der Waals surface area contributed by atoms with E-state index in [-0.39, 0.29) is 11.8 Å². The predicted molar refractivity (Wildman–Crippen MR) is 123 cm³/mol. The molecule has 0 saturated carbocycles. The van der Waals surface area contributed by atoms with E-state index in [1.54, 1.807) is 40.3 Å². The van der Waals surface area contributed by atoms with E-state index in [2.05, 4.69) is 35.6 Å². The van der Waals surface area contributed by atoms with Gasteiger partial charge in [-0.25, -0.2) is 0 Å². The summed E-state index contributed by atoms with van der Waals surface area (Å²) in [6.07, 6.45) is 0.676. The summed E-state index contributed by atoms with van der Waals surface area (Å²) in [5.41, 5.74) is 8.53. The lowest BCUT2D eigenvalue weighted by Crippen LogP contribution is -2.26. The van der Waals surface area contributed by atoms with Gasteiger partial charge in [-0.05, 0) is 57.1 Å². The second kappa shape index (κ2) is 9.76. The molecule has 0 aliphatic rings. The van der Waals surface area contributed by atoms with Gasteiger partial charge in [-0.1, -0.05) is 0 Å². The number of ether oxygens (including phenoxy) is 1. The average molecular weight is 442 g/mol. The third kappa shape index (κ3) is 5.12. The molecule has 0 radical (unpaired) electrons. The van der Waals surface area contributed by atoms with Gasteiger partial charge in [-0.2, -0.15) is 5.10 Å². The van der Waals surface area contributed by atoms with Gasteiger partial charge in [0.15, 0.2) is 5.69 Å². The van der Waals surface area contributed by atoms with Crippen LogP contribution in [0, 0.1) is 13.8 Å². The number of carbonyl (C=O) groups is 2. The number of hydrogen-bond acceptors (Lipinski definition) is 6. The van der Waals surface area contributed by atoms with Crippen molar-refractivity contribution in [2.45, 2.75) is 20.3 Å². The summed E-state index contributed by atoms with van der Waals surface area (Å²) in [4.78, 5) is 27.7. The van der Waals surface area contributed by atoms with E-state index in [0.29, 0.717) is 42.2 Å². The number of carbonyl (C=O) groups excluding carboxylic acids is 2. The molecule has 4 N–H and O–H groups in total. The standard InChI is InChI=1S/C22H27N5O3S/c1-13-10-16(14(2)31-13)19-12-18(26-27(19)3)22(29)25-15-6-7-20(30-4)17(11-15)21(28)24-9-5-8-23/h6-7,10-12H,5,8-9,23H2,1-4H3,(H,24,28)(H,25,29). The molecule has 3 aromatic rings. The molecule has 0 bridgehead atoms. The first-order valence-corrected chi connectivity index (χ1v) is 10.7. The minimum atomic E-state index is -0.355. The number of nitrogens with one attached hydrogen (secondary N) is 2. The molecule has 0 aliphatic heterocycles. The molecule has 0 spiro atoms. The third-order valence-corrected chi connectivity index (χ3v) is 5.76. The number of aryl methyl sites for hydroxylation is 3. The molecule has 2 heterocycles. The van der Waals surface area contributed by atoms with Crippen molar-refractivity contribution in [3.8, 4) is 17.0 Å².